The minimum absolute atomic E-state index is 0.00195. The van der Waals surface area contributed by atoms with Gasteiger partial charge in [0.1, 0.15) is 11.9 Å². The number of aromatic amines is 1. The number of methoxy groups -OCH3 is 1. The number of alkyl carbamates (subject to hydrolysis) is 1. The number of alkyl halides is 1. The smallest absolute Gasteiger partial charge is 0.407 e. The molecule has 2 N–H and O–H groups in total. The van der Waals surface area contributed by atoms with E-state index in [2.05, 4.69) is 36.2 Å². The van der Waals surface area contributed by atoms with Crippen LogP contribution in [0.25, 0.3) is 33.5 Å². The Morgan fingerprint density at radius 1 is 1.07 bits per heavy atom. The number of carbonyl (C=O) groups is 3. The second-order valence-corrected chi connectivity index (χ2v) is 10.9. The summed E-state index contributed by atoms with van der Waals surface area (Å²) < 4.78 is 4.72. The van der Waals surface area contributed by atoms with Crippen molar-refractivity contribution in [1.82, 2.24) is 30.2 Å². The summed E-state index contributed by atoms with van der Waals surface area (Å²) in [4.78, 5) is 56.3. The first-order valence-corrected chi connectivity index (χ1v) is 14.6. The van der Waals surface area contributed by atoms with Crippen molar-refractivity contribution in [2.24, 2.45) is 5.92 Å². The molecular weight excluding hydrogens is 588 g/mol. The van der Waals surface area contributed by atoms with Crippen LogP contribution in [0.5, 0.6) is 0 Å². The third-order valence-corrected chi connectivity index (χ3v) is 7.82. The number of Topliss-reactive ketones (excluding diaryl/α,β-unsaturated/α-hetero) is 1. The molecule has 2 aromatic heterocycles. The number of H-pyrrole nitrogens is 1. The second-order valence-electron chi connectivity index (χ2n) is 10.3. The Kier molecular flexibility index (Phi) is 8.44. The number of amides is 2. The first kappa shape index (κ1) is 28.4. The van der Waals surface area contributed by atoms with Gasteiger partial charge in [-0.1, -0.05) is 54.0 Å². The van der Waals surface area contributed by atoms with Crippen molar-refractivity contribution in [3.63, 3.8) is 0 Å². The molecule has 0 radical (unpaired) electrons. The SMILES string of the molecule is COC(=O)N[C@H](C(=O)N1CCC[C@H]1c1ncc(-c2ccc(-c3cnc4cc(C(=O)CBr)ccc4n3)cc2)[nH]1)C(C)C. The number of hydrogen-bond donors (Lipinski definition) is 2. The molecule has 1 aliphatic rings. The van der Waals surface area contributed by atoms with Gasteiger partial charge in [0.25, 0.3) is 0 Å². The van der Waals surface area contributed by atoms with Gasteiger partial charge in [0.15, 0.2) is 5.78 Å². The van der Waals surface area contributed by atoms with Gasteiger partial charge in [-0.05, 0) is 42.5 Å². The van der Waals surface area contributed by atoms with Crippen molar-refractivity contribution in [3.05, 3.63) is 66.2 Å². The Morgan fingerprint density at radius 2 is 1.83 bits per heavy atom. The van der Waals surface area contributed by atoms with E-state index in [4.69, 9.17) is 9.72 Å². The lowest BCUT2D eigenvalue weighted by atomic mass is 10.0. The fraction of sp³-hybridized carbons (Fsp3) is 0.333. The Hall–Kier alpha value is -4.12. The van der Waals surface area contributed by atoms with Crippen molar-refractivity contribution < 1.29 is 19.1 Å². The van der Waals surface area contributed by atoms with Crippen LogP contribution >= 0.6 is 15.9 Å². The number of fused-ring (bicyclic) bond motifs is 1. The molecule has 0 bridgehead atoms. The number of hydrogen-bond acceptors (Lipinski definition) is 7. The van der Waals surface area contributed by atoms with E-state index in [-0.39, 0.29) is 29.0 Å². The zero-order chi connectivity index (χ0) is 29.1. The molecule has 1 fully saturated rings. The Labute approximate surface area is 246 Å². The predicted molar refractivity (Wildman–Crippen MR) is 159 cm³/mol. The van der Waals surface area contributed by atoms with Gasteiger partial charge in [0.05, 0.1) is 53.3 Å². The highest BCUT2D eigenvalue weighted by molar-refractivity contribution is 9.09. The van der Waals surface area contributed by atoms with Gasteiger partial charge in [0.2, 0.25) is 5.91 Å². The number of nitrogens with zero attached hydrogens (tertiary/aromatic N) is 4. The molecule has 0 unspecified atom stereocenters. The van der Waals surface area contributed by atoms with Crippen molar-refractivity contribution in [2.75, 3.05) is 19.0 Å². The molecule has 0 aliphatic carbocycles. The summed E-state index contributed by atoms with van der Waals surface area (Å²) >= 11 is 3.20. The van der Waals surface area contributed by atoms with Crippen LogP contribution in [-0.2, 0) is 9.53 Å². The zero-order valence-electron chi connectivity index (χ0n) is 23.1. The number of ether oxygens (including phenoxy) is 1. The van der Waals surface area contributed by atoms with E-state index in [0.717, 1.165) is 35.4 Å². The summed E-state index contributed by atoms with van der Waals surface area (Å²) in [6, 6.07) is 12.4. The topological polar surface area (TPSA) is 130 Å². The lowest BCUT2D eigenvalue weighted by molar-refractivity contribution is -0.135. The van der Waals surface area contributed by atoms with E-state index in [1.807, 2.05) is 44.2 Å². The van der Waals surface area contributed by atoms with E-state index in [0.29, 0.717) is 29.0 Å². The van der Waals surface area contributed by atoms with Gasteiger partial charge < -0.3 is 19.9 Å². The number of likely N-dealkylation sites (tertiary alicyclic amines) is 1. The lowest BCUT2D eigenvalue weighted by Gasteiger charge is -2.30. The number of nitrogens with one attached hydrogen (secondary N) is 2. The van der Waals surface area contributed by atoms with Crippen LogP contribution in [0.4, 0.5) is 4.79 Å². The van der Waals surface area contributed by atoms with Crippen molar-refractivity contribution in [3.8, 4) is 22.5 Å². The molecule has 11 heteroatoms. The van der Waals surface area contributed by atoms with E-state index in [1.165, 1.54) is 7.11 Å². The quantitative estimate of drug-likeness (QED) is 0.202. The van der Waals surface area contributed by atoms with Crippen LogP contribution in [0.1, 0.15) is 48.9 Å². The molecule has 0 spiro atoms. The van der Waals surface area contributed by atoms with Crippen LogP contribution in [0.3, 0.4) is 0 Å². The van der Waals surface area contributed by atoms with Gasteiger partial charge in [-0.25, -0.2) is 14.8 Å². The fourth-order valence-corrected chi connectivity index (χ4v) is 5.39. The van der Waals surface area contributed by atoms with E-state index in [1.54, 1.807) is 29.4 Å². The number of benzene rings is 2. The number of imidazole rings is 1. The summed E-state index contributed by atoms with van der Waals surface area (Å²) in [5, 5.41) is 2.94. The second kappa shape index (κ2) is 12.2. The summed E-state index contributed by atoms with van der Waals surface area (Å²) in [5.74, 6) is 0.478. The maximum Gasteiger partial charge on any atom is 0.407 e. The summed E-state index contributed by atoms with van der Waals surface area (Å²) in [6.07, 6.45) is 4.50. The maximum absolute atomic E-state index is 13.4. The molecule has 41 heavy (non-hydrogen) atoms. The Bertz CT molecular complexity index is 1590. The molecule has 3 heterocycles. The van der Waals surface area contributed by atoms with E-state index in [9.17, 15) is 14.4 Å². The Balaban J connectivity index is 1.32. The normalized spacial score (nSPS) is 15.7. The molecule has 2 amide bonds. The third kappa shape index (κ3) is 6.00. The number of aromatic nitrogens is 4. The standard InChI is InChI=1S/C30H31BrN6O4/c1-17(2)27(36-30(40)41-3)29(39)37-12-4-5-25(37)28-33-16-24(35-28)19-8-6-18(7-9-19)23-15-32-22-13-20(26(38)14-31)10-11-21(22)34-23/h6-11,13,15-17,25,27H,4-5,12,14H2,1-3H3,(H,33,35)(H,36,40)/t25-,27-/m0/s1. The molecule has 0 saturated carbocycles. The minimum Gasteiger partial charge on any atom is -0.453 e. The fourth-order valence-electron chi connectivity index (χ4n) is 5.07. The van der Waals surface area contributed by atoms with Crippen LogP contribution in [0.2, 0.25) is 0 Å². The van der Waals surface area contributed by atoms with Crippen molar-refractivity contribution in [2.45, 2.75) is 38.8 Å². The van der Waals surface area contributed by atoms with Crippen LogP contribution < -0.4 is 5.32 Å². The van der Waals surface area contributed by atoms with Crippen molar-refractivity contribution in [1.29, 1.82) is 0 Å². The average Bonchev–Trinajstić information content (AvgIpc) is 3.69. The molecule has 2 aromatic carbocycles. The number of carbonyl (C=O) groups excluding carboxylic acids is 3. The monoisotopic (exact) mass is 618 g/mol. The van der Waals surface area contributed by atoms with Crippen LogP contribution in [0, 0.1) is 5.92 Å². The van der Waals surface area contributed by atoms with E-state index >= 15 is 0 Å². The minimum atomic E-state index is -0.679. The molecule has 4 aromatic rings. The first-order valence-electron chi connectivity index (χ1n) is 13.5. The molecule has 1 saturated heterocycles. The average molecular weight is 620 g/mol. The molecule has 1 aliphatic heterocycles. The van der Waals surface area contributed by atoms with Gasteiger partial charge in [-0.3, -0.25) is 14.6 Å². The molecule has 2 atom stereocenters. The summed E-state index contributed by atoms with van der Waals surface area (Å²) in [7, 11) is 1.29. The van der Waals surface area contributed by atoms with Gasteiger partial charge >= 0.3 is 6.09 Å². The maximum atomic E-state index is 13.4. The molecular formula is C30H31BrN6O4. The summed E-state index contributed by atoms with van der Waals surface area (Å²) in [6.45, 7) is 4.39. The van der Waals surface area contributed by atoms with Crippen LogP contribution in [-0.4, -0.2) is 67.6 Å². The van der Waals surface area contributed by atoms with Gasteiger partial charge in [-0.2, -0.15) is 0 Å². The number of ketones is 1. The highest BCUT2D eigenvalue weighted by atomic mass is 79.9. The molecule has 10 nitrogen and oxygen atoms in total. The van der Waals surface area contributed by atoms with Gasteiger partial charge in [0, 0.05) is 17.7 Å². The number of halogens is 1. The summed E-state index contributed by atoms with van der Waals surface area (Å²) in [5.41, 5.74) is 5.41. The van der Waals surface area contributed by atoms with E-state index < -0.39 is 12.1 Å². The third-order valence-electron chi connectivity index (χ3n) is 7.32. The highest BCUT2D eigenvalue weighted by Gasteiger charge is 2.37. The van der Waals surface area contributed by atoms with Crippen LogP contribution in [0.15, 0.2) is 54.9 Å². The Morgan fingerprint density at radius 3 is 2.54 bits per heavy atom. The van der Waals surface area contributed by atoms with Crippen molar-refractivity contribution >= 4 is 44.7 Å². The largest absolute Gasteiger partial charge is 0.453 e. The zero-order valence-corrected chi connectivity index (χ0v) is 24.6. The molecule has 212 valence electrons. The lowest BCUT2D eigenvalue weighted by Crippen LogP contribution is -2.51. The van der Waals surface area contributed by atoms with Gasteiger partial charge in [-0.15, -0.1) is 0 Å². The highest BCUT2D eigenvalue weighted by Crippen LogP contribution is 2.33. The molecule has 5 rings (SSSR count). The number of rotatable bonds is 8. The first-order chi connectivity index (χ1) is 19.8. The predicted octanol–water partition coefficient (Wildman–Crippen LogP) is 5.31.